The Morgan fingerprint density at radius 3 is 1.65 bits per heavy atom. The van der Waals surface area contributed by atoms with E-state index in [-0.39, 0.29) is 6.09 Å². The second-order valence-electron chi connectivity index (χ2n) is 5.91. The van der Waals surface area contributed by atoms with E-state index in [4.69, 9.17) is 4.74 Å². The molecule has 0 aliphatic rings. The normalized spacial score (nSPS) is 9.95. The van der Waals surface area contributed by atoms with Gasteiger partial charge in [-0.1, -0.05) is 54.4 Å². The van der Waals surface area contributed by atoms with Crippen LogP contribution in [0.4, 0.5) is 4.79 Å². The molecule has 0 aromatic heterocycles. The highest BCUT2D eigenvalue weighted by Gasteiger charge is 2.21. The summed E-state index contributed by atoms with van der Waals surface area (Å²) in [6.45, 7) is 21.6. The van der Waals surface area contributed by atoms with Crippen molar-refractivity contribution in [1.29, 1.82) is 0 Å². The van der Waals surface area contributed by atoms with Crippen LogP contribution >= 0.6 is 0 Å². The SMILES string of the molecule is CC.CCCC.CCN(CC(C)C)C(=O)OC(C)(C)C. The topological polar surface area (TPSA) is 29.5 Å². The van der Waals surface area contributed by atoms with E-state index in [1.54, 1.807) is 4.90 Å². The predicted molar refractivity (Wildman–Crippen MR) is 90.2 cm³/mol. The second-order valence-corrected chi connectivity index (χ2v) is 5.91. The fraction of sp³-hybridized carbons (Fsp3) is 0.941. The number of hydrogen-bond donors (Lipinski definition) is 0. The largest absolute Gasteiger partial charge is 0.444 e. The Labute approximate surface area is 128 Å². The number of carbonyl (C=O) groups is 1. The number of carbonyl (C=O) groups excluding carboxylic acids is 1. The molecule has 0 heterocycles. The van der Waals surface area contributed by atoms with Crippen molar-refractivity contribution in [2.24, 2.45) is 5.92 Å². The average Bonchev–Trinajstić information content (AvgIpc) is 2.36. The van der Waals surface area contributed by atoms with Crippen molar-refractivity contribution in [3.8, 4) is 0 Å². The summed E-state index contributed by atoms with van der Waals surface area (Å²) in [6.07, 6.45) is 2.42. The maximum absolute atomic E-state index is 11.6. The molecule has 0 unspecified atom stereocenters. The molecule has 3 heteroatoms. The van der Waals surface area contributed by atoms with Crippen LogP contribution in [0.3, 0.4) is 0 Å². The third-order valence-corrected chi connectivity index (χ3v) is 2.12. The van der Waals surface area contributed by atoms with Gasteiger partial charge in [-0.05, 0) is 33.6 Å². The molecule has 0 aromatic rings. The highest BCUT2D eigenvalue weighted by Crippen LogP contribution is 2.10. The molecule has 0 aliphatic heterocycles. The molecule has 124 valence electrons. The Bertz CT molecular complexity index is 206. The molecule has 0 bridgehead atoms. The van der Waals surface area contributed by atoms with Crippen molar-refractivity contribution in [3.63, 3.8) is 0 Å². The molecule has 0 fully saturated rings. The standard InChI is InChI=1S/C11H23NO2.C4H10.C2H6/c1-7-12(8-9(2)3)10(13)14-11(4,5)6;1-3-4-2;1-2/h9H,7-8H2,1-6H3;3-4H2,1-2H3;1-2H3. The summed E-state index contributed by atoms with van der Waals surface area (Å²) in [5.74, 6) is 0.475. The smallest absolute Gasteiger partial charge is 0.410 e. The molecule has 1 amide bonds. The minimum atomic E-state index is -0.401. The molecule has 0 aliphatic carbocycles. The zero-order valence-electron chi connectivity index (χ0n) is 15.7. The second kappa shape index (κ2) is 14.7. The van der Waals surface area contributed by atoms with Gasteiger partial charge in [0, 0.05) is 13.1 Å². The number of nitrogens with zero attached hydrogens (tertiary/aromatic N) is 1. The third kappa shape index (κ3) is 19.6. The minimum absolute atomic E-state index is 0.214. The van der Waals surface area contributed by atoms with Crippen molar-refractivity contribution in [3.05, 3.63) is 0 Å². The first-order valence-corrected chi connectivity index (χ1v) is 8.15. The average molecular weight is 290 g/mol. The van der Waals surface area contributed by atoms with Gasteiger partial charge in [0.25, 0.3) is 0 Å². The molecule has 0 N–H and O–H groups in total. The third-order valence-electron chi connectivity index (χ3n) is 2.12. The first-order valence-electron chi connectivity index (χ1n) is 8.15. The van der Waals surface area contributed by atoms with Crippen molar-refractivity contribution >= 4 is 6.09 Å². The van der Waals surface area contributed by atoms with Gasteiger partial charge in [-0.3, -0.25) is 0 Å². The maximum Gasteiger partial charge on any atom is 0.410 e. The first-order chi connectivity index (χ1) is 9.17. The van der Waals surface area contributed by atoms with E-state index in [0.29, 0.717) is 12.5 Å². The minimum Gasteiger partial charge on any atom is -0.444 e. The van der Waals surface area contributed by atoms with E-state index in [2.05, 4.69) is 27.7 Å². The Morgan fingerprint density at radius 2 is 1.45 bits per heavy atom. The van der Waals surface area contributed by atoms with Gasteiger partial charge in [-0.25, -0.2) is 4.79 Å². The lowest BCUT2D eigenvalue weighted by molar-refractivity contribution is 0.0239. The molecule has 0 radical (unpaired) electrons. The zero-order valence-corrected chi connectivity index (χ0v) is 15.7. The predicted octanol–water partition coefficient (Wildman–Crippen LogP) is 5.73. The van der Waals surface area contributed by atoms with E-state index in [1.807, 2.05) is 41.5 Å². The van der Waals surface area contributed by atoms with Crippen molar-refractivity contribution in [1.82, 2.24) is 4.90 Å². The van der Waals surface area contributed by atoms with Gasteiger partial charge in [0.1, 0.15) is 5.60 Å². The highest BCUT2D eigenvalue weighted by atomic mass is 16.6. The van der Waals surface area contributed by atoms with E-state index >= 15 is 0 Å². The lowest BCUT2D eigenvalue weighted by Gasteiger charge is -2.27. The summed E-state index contributed by atoms with van der Waals surface area (Å²) in [5.41, 5.74) is -0.401. The van der Waals surface area contributed by atoms with Crippen LogP contribution in [0.15, 0.2) is 0 Å². The summed E-state index contributed by atoms with van der Waals surface area (Å²) in [5, 5.41) is 0. The fourth-order valence-corrected chi connectivity index (χ4v) is 1.10. The quantitative estimate of drug-likeness (QED) is 0.661. The number of rotatable bonds is 4. The lowest BCUT2D eigenvalue weighted by atomic mass is 10.2. The zero-order chi connectivity index (χ0) is 16.8. The van der Waals surface area contributed by atoms with Crippen LogP contribution in [0.2, 0.25) is 0 Å². The fourth-order valence-electron chi connectivity index (χ4n) is 1.10. The molecule has 0 atom stereocenters. The van der Waals surface area contributed by atoms with Gasteiger partial charge in [0.05, 0.1) is 0 Å². The molecule has 0 aromatic carbocycles. The Hall–Kier alpha value is -0.730. The Kier molecular flexibility index (Phi) is 17.8. The molecule has 0 spiro atoms. The monoisotopic (exact) mass is 289 g/mol. The Morgan fingerprint density at radius 1 is 1.05 bits per heavy atom. The summed E-state index contributed by atoms with van der Waals surface area (Å²) in [7, 11) is 0. The van der Waals surface area contributed by atoms with E-state index in [0.717, 1.165) is 6.54 Å². The van der Waals surface area contributed by atoms with Crippen molar-refractivity contribution in [2.45, 2.75) is 87.7 Å². The summed E-state index contributed by atoms with van der Waals surface area (Å²) < 4.78 is 5.28. The summed E-state index contributed by atoms with van der Waals surface area (Å²) in [4.78, 5) is 13.4. The van der Waals surface area contributed by atoms with Crippen LogP contribution in [-0.4, -0.2) is 29.7 Å². The van der Waals surface area contributed by atoms with E-state index in [1.165, 1.54) is 12.8 Å². The van der Waals surface area contributed by atoms with Crippen LogP contribution < -0.4 is 0 Å². The molecule has 0 saturated heterocycles. The van der Waals surface area contributed by atoms with Crippen LogP contribution in [0.1, 0.15) is 82.1 Å². The molecule has 20 heavy (non-hydrogen) atoms. The van der Waals surface area contributed by atoms with E-state index < -0.39 is 5.60 Å². The van der Waals surface area contributed by atoms with Crippen molar-refractivity contribution < 1.29 is 9.53 Å². The van der Waals surface area contributed by atoms with Crippen LogP contribution in [0, 0.1) is 5.92 Å². The van der Waals surface area contributed by atoms with Gasteiger partial charge >= 0.3 is 6.09 Å². The summed E-state index contributed by atoms with van der Waals surface area (Å²) in [6, 6.07) is 0. The van der Waals surface area contributed by atoms with E-state index in [9.17, 15) is 4.79 Å². The van der Waals surface area contributed by atoms with Crippen molar-refractivity contribution in [2.75, 3.05) is 13.1 Å². The van der Waals surface area contributed by atoms with Crippen LogP contribution in [-0.2, 0) is 4.74 Å². The molecule has 3 nitrogen and oxygen atoms in total. The molecular formula is C17H39NO2. The van der Waals surface area contributed by atoms with Crippen LogP contribution in [0.5, 0.6) is 0 Å². The van der Waals surface area contributed by atoms with Gasteiger partial charge < -0.3 is 9.64 Å². The Balaban J connectivity index is -0.000000410. The van der Waals surface area contributed by atoms with Gasteiger partial charge in [0.15, 0.2) is 0 Å². The highest BCUT2D eigenvalue weighted by molar-refractivity contribution is 5.68. The molecular weight excluding hydrogens is 250 g/mol. The first kappa shape index (κ1) is 24.3. The maximum atomic E-state index is 11.6. The van der Waals surface area contributed by atoms with Gasteiger partial charge in [-0.15, -0.1) is 0 Å². The number of amides is 1. The lowest BCUT2D eigenvalue weighted by Crippen LogP contribution is -2.38. The molecule has 0 saturated carbocycles. The molecule has 0 rings (SSSR count). The van der Waals surface area contributed by atoms with Gasteiger partial charge in [0.2, 0.25) is 0 Å². The number of ether oxygens (including phenoxy) is 1. The number of unbranched alkanes of at least 4 members (excludes halogenated alkanes) is 1. The summed E-state index contributed by atoms with van der Waals surface area (Å²) >= 11 is 0. The number of hydrogen-bond acceptors (Lipinski definition) is 2. The van der Waals surface area contributed by atoms with Crippen LogP contribution in [0.25, 0.3) is 0 Å². The van der Waals surface area contributed by atoms with Gasteiger partial charge in [-0.2, -0.15) is 0 Å².